The fourth-order valence-corrected chi connectivity index (χ4v) is 5.75. The molecule has 0 bridgehead atoms. The molecule has 0 fully saturated rings. The van der Waals surface area contributed by atoms with Crippen molar-refractivity contribution in [2.24, 2.45) is 0 Å². The Morgan fingerprint density at radius 3 is 1.29 bits per heavy atom. The van der Waals surface area contributed by atoms with Gasteiger partial charge in [-0.15, -0.1) is 0 Å². The van der Waals surface area contributed by atoms with Crippen molar-refractivity contribution < 1.29 is 24.2 Å². The molecule has 0 aromatic rings. The molecule has 5 heteroatoms. The minimum absolute atomic E-state index is 0.0866. The van der Waals surface area contributed by atoms with E-state index in [2.05, 4.69) is 86.8 Å². The monoisotopic (exact) mass is 725 g/mol. The summed E-state index contributed by atoms with van der Waals surface area (Å²) >= 11 is 0. The van der Waals surface area contributed by atoms with E-state index in [9.17, 15) is 14.7 Å². The number of hydrogen-bond acceptors (Lipinski definition) is 5. The van der Waals surface area contributed by atoms with Crippen molar-refractivity contribution in [2.45, 2.75) is 200 Å². The second-order valence-corrected chi connectivity index (χ2v) is 14.0. The average Bonchev–Trinajstić information content (AvgIpc) is 3.15. The van der Waals surface area contributed by atoms with Crippen molar-refractivity contribution in [1.82, 2.24) is 0 Å². The van der Waals surface area contributed by atoms with E-state index >= 15 is 0 Å². The van der Waals surface area contributed by atoms with Gasteiger partial charge in [0.05, 0.1) is 6.61 Å². The Morgan fingerprint density at radius 2 is 0.827 bits per heavy atom. The second-order valence-electron chi connectivity index (χ2n) is 14.0. The van der Waals surface area contributed by atoms with Gasteiger partial charge in [0.2, 0.25) is 0 Å². The normalized spacial score (nSPS) is 12.9. The number of carbonyl (C=O) groups is 2. The lowest BCUT2D eigenvalue weighted by atomic mass is 10.0. The standard InChI is InChI=1S/C47H80O5/c1-3-5-7-9-11-13-15-17-19-20-21-22-23-24-25-26-28-29-31-33-35-37-39-41-46(49)51-44-45(43-48)52-47(50)42-40-38-36-34-32-30-27-18-16-14-12-10-8-6-4-2/h6,8,12,14-15,17-18,20-21,27,32,34,45,48H,3-5,7,9-11,13,16,19,22-26,28-31,33,35-44H2,1-2H3/b8-6-,14-12-,17-15-,21-20-,27-18-,34-32-. The molecule has 0 aliphatic carbocycles. The summed E-state index contributed by atoms with van der Waals surface area (Å²) in [6, 6.07) is 0. The predicted octanol–water partition coefficient (Wildman–Crippen LogP) is 13.7. The van der Waals surface area contributed by atoms with Gasteiger partial charge in [-0.3, -0.25) is 9.59 Å². The molecule has 0 spiro atoms. The van der Waals surface area contributed by atoms with E-state index in [1.807, 2.05) is 0 Å². The van der Waals surface area contributed by atoms with Gasteiger partial charge >= 0.3 is 11.9 Å². The van der Waals surface area contributed by atoms with Gasteiger partial charge in [-0.25, -0.2) is 0 Å². The summed E-state index contributed by atoms with van der Waals surface area (Å²) in [4.78, 5) is 24.3. The fraction of sp³-hybridized carbons (Fsp3) is 0.702. The molecule has 0 aliphatic heterocycles. The molecule has 0 rings (SSSR count). The Balaban J connectivity index is 3.58. The molecule has 0 saturated carbocycles. The van der Waals surface area contributed by atoms with Crippen LogP contribution in [-0.4, -0.2) is 36.4 Å². The largest absolute Gasteiger partial charge is 0.462 e. The first-order valence-electron chi connectivity index (χ1n) is 21.5. The highest BCUT2D eigenvalue weighted by molar-refractivity contribution is 5.70. The molecular weight excluding hydrogens is 645 g/mol. The molecule has 0 aliphatic rings. The molecular formula is C47H80O5. The van der Waals surface area contributed by atoms with E-state index in [4.69, 9.17) is 9.47 Å². The SMILES string of the molecule is CC/C=C\C/C=C\C/C=C\C/C=C\CCCCC(=O)OC(CO)COC(=O)CCCCCCCCCCCCC/C=C\C/C=C\CCCCCCC. The third-order valence-electron chi connectivity index (χ3n) is 8.98. The molecule has 0 aromatic carbocycles. The van der Waals surface area contributed by atoms with Crippen LogP contribution >= 0.6 is 0 Å². The van der Waals surface area contributed by atoms with Crippen LogP contribution in [0.1, 0.15) is 194 Å². The van der Waals surface area contributed by atoms with Crippen LogP contribution in [0.25, 0.3) is 0 Å². The van der Waals surface area contributed by atoms with E-state index in [1.165, 1.54) is 96.3 Å². The number of rotatable bonds is 38. The van der Waals surface area contributed by atoms with Crippen LogP contribution < -0.4 is 0 Å². The Hall–Kier alpha value is -2.66. The number of carbonyl (C=O) groups excluding carboxylic acids is 2. The summed E-state index contributed by atoms with van der Waals surface area (Å²) in [7, 11) is 0. The zero-order valence-corrected chi connectivity index (χ0v) is 33.8. The van der Waals surface area contributed by atoms with Crippen LogP contribution in [0.5, 0.6) is 0 Å². The lowest BCUT2D eigenvalue weighted by Crippen LogP contribution is -2.28. The Labute approximate surface area is 321 Å². The average molecular weight is 725 g/mol. The van der Waals surface area contributed by atoms with Crippen molar-refractivity contribution in [3.8, 4) is 0 Å². The molecule has 0 heterocycles. The molecule has 1 atom stereocenters. The third-order valence-corrected chi connectivity index (χ3v) is 8.98. The Kier molecular flexibility index (Phi) is 40.6. The highest BCUT2D eigenvalue weighted by Gasteiger charge is 2.16. The van der Waals surface area contributed by atoms with Gasteiger partial charge in [-0.05, 0) is 83.5 Å². The number of ether oxygens (including phenoxy) is 2. The Morgan fingerprint density at radius 1 is 0.462 bits per heavy atom. The lowest BCUT2D eigenvalue weighted by Gasteiger charge is -2.15. The van der Waals surface area contributed by atoms with Crippen molar-refractivity contribution in [3.05, 3.63) is 72.9 Å². The number of allylic oxidation sites excluding steroid dienone is 12. The van der Waals surface area contributed by atoms with Gasteiger partial charge in [0.25, 0.3) is 0 Å². The van der Waals surface area contributed by atoms with E-state index in [1.54, 1.807) is 0 Å². The summed E-state index contributed by atoms with van der Waals surface area (Å²) in [5.41, 5.74) is 0. The summed E-state index contributed by atoms with van der Waals surface area (Å²) in [6.45, 7) is 3.97. The molecule has 298 valence electrons. The molecule has 1 N–H and O–H groups in total. The maximum atomic E-state index is 12.2. The molecule has 0 aromatic heterocycles. The van der Waals surface area contributed by atoms with Crippen LogP contribution in [-0.2, 0) is 19.1 Å². The first-order valence-corrected chi connectivity index (χ1v) is 21.5. The minimum Gasteiger partial charge on any atom is -0.462 e. The summed E-state index contributed by atoms with van der Waals surface area (Å²) in [6.07, 6.45) is 56.9. The van der Waals surface area contributed by atoms with Gasteiger partial charge in [0.15, 0.2) is 6.10 Å². The molecule has 52 heavy (non-hydrogen) atoms. The topological polar surface area (TPSA) is 72.8 Å². The van der Waals surface area contributed by atoms with Gasteiger partial charge in [0.1, 0.15) is 6.61 Å². The molecule has 5 nitrogen and oxygen atoms in total. The maximum absolute atomic E-state index is 12.2. The number of hydrogen-bond donors (Lipinski definition) is 1. The van der Waals surface area contributed by atoms with E-state index in [-0.39, 0.29) is 25.2 Å². The zero-order chi connectivity index (χ0) is 37.8. The van der Waals surface area contributed by atoms with Crippen molar-refractivity contribution in [3.63, 3.8) is 0 Å². The van der Waals surface area contributed by atoms with Gasteiger partial charge in [-0.2, -0.15) is 0 Å². The lowest BCUT2D eigenvalue weighted by molar-refractivity contribution is -0.161. The maximum Gasteiger partial charge on any atom is 0.306 e. The van der Waals surface area contributed by atoms with Crippen molar-refractivity contribution in [2.75, 3.05) is 13.2 Å². The van der Waals surface area contributed by atoms with Crippen molar-refractivity contribution >= 4 is 11.9 Å². The number of aliphatic hydroxyl groups is 1. The minimum atomic E-state index is -0.797. The fourth-order valence-electron chi connectivity index (χ4n) is 5.75. The van der Waals surface area contributed by atoms with E-state index in [0.29, 0.717) is 12.8 Å². The number of unbranched alkanes of at least 4 members (excludes halogenated alkanes) is 18. The van der Waals surface area contributed by atoms with Crippen LogP contribution in [0.2, 0.25) is 0 Å². The van der Waals surface area contributed by atoms with Crippen LogP contribution in [0.3, 0.4) is 0 Å². The van der Waals surface area contributed by atoms with E-state index in [0.717, 1.165) is 70.6 Å². The summed E-state index contributed by atoms with van der Waals surface area (Å²) < 4.78 is 10.6. The zero-order valence-electron chi connectivity index (χ0n) is 33.8. The number of esters is 2. The molecule has 0 radical (unpaired) electrons. The Bertz CT molecular complexity index is 957. The highest BCUT2D eigenvalue weighted by Crippen LogP contribution is 2.13. The van der Waals surface area contributed by atoms with Gasteiger partial charge < -0.3 is 14.6 Å². The molecule has 0 saturated heterocycles. The first-order chi connectivity index (χ1) is 25.6. The highest BCUT2D eigenvalue weighted by atomic mass is 16.6. The smallest absolute Gasteiger partial charge is 0.306 e. The van der Waals surface area contributed by atoms with Gasteiger partial charge in [0, 0.05) is 12.8 Å². The first kappa shape index (κ1) is 49.3. The number of aliphatic hydroxyl groups excluding tert-OH is 1. The molecule has 1 unspecified atom stereocenters. The second kappa shape index (κ2) is 42.8. The predicted molar refractivity (Wildman–Crippen MR) is 223 cm³/mol. The van der Waals surface area contributed by atoms with Crippen LogP contribution in [0, 0.1) is 0 Å². The third kappa shape index (κ3) is 40.1. The molecule has 0 amide bonds. The van der Waals surface area contributed by atoms with Crippen LogP contribution in [0.15, 0.2) is 72.9 Å². The van der Waals surface area contributed by atoms with Crippen LogP contribution in [0.4, 0.5) is 0 Å². The summed E-state index contributed by atoms with van der Waals surface area (Å²) in [5, 5.41) is 9.56. The van der Waals surface area contributed by atoms with Crippen molar-refractivity contribution in [1.29, 1.82) is 0 Å². The van der Waals surface area contributed by atoms with Gasteiger partial charge in [-0.1, -0.05) is 170 Å². The summed E-state index contributed by atoms with van der Waals surface area (Å²) in [5.74, 6) is -0.645. The van der Waals surface area contributed by atoms with E-state index < -0.39 is 6.10 Å². The quantitative estimate of drug-likeness (QED) is 0.0390.